The van der Waals surface area contributed by atoms with Gasteiger partial charge >= 0.3 is 0 Å². The quantitative estimate of drug-likeness (QED) is 0.807. The Balaban J connectivity index is 2.90. The summed E-state index contributed by atoms with van der Waals surface area (Å²) in [5, 5.41) is 3.25. The van der Waals surface area contributed by atoms with Gasteiger partial charge in [-0.1, -0.05) is 12.1 Å². The predicted octanol–water partition coefficient (Wildman–Crippen LogP) is 2.15. The van der Waals surface area contributed by atoms with Crippen LogP contribution in [0.15, 0.2) is 29.2 Å². The van der Waals surface area contributed by atoms with Crippen molar-refractivity contribution in [2.45, 2.75) is 24.3 Å². The fourth-order valence-electron chi connectivity index (χ4n) is 1.56. The van der Waals surface area contributed by atoms with E-state index in [0.29, 0.717) is 10.6 Å². The molecule has 0 aliphatic carbocycles. The Kier molecular flexibility index (Phi) is 5.98. The third kappa shape index (κ3) is 4.19. The largest absolute Gasteiger partial charge is 0.381 e. The lowest BCUT2D eigenvalue weighted by molar-refractivity contribution is 0.588. The van der Waals surface area contributed by atoms with Gasteiger partial charge in [0.05, 0.1) is 5.69 Å². The number of anilines is 1. The summed E-state index contributed by atoms with van der Waals surface area (Å²) in [5.41, 5.74) is 0.653. The molecule has 0 heterocycles. The highest BCUT2D eigenvalue weighted by atomic mass is 32.2. The number of hydrogen-bond donors (Lipinski definition) is 2. The average Bonchev–Trinajstić information content (AvgIpc) is 2.37. The summed E-state index contributed by atoms with van der Waals surface area (Å²) >= 11 is 1.78. The normalized spacial score (nSPS) is 13.3. The van der Waals surface area contributed by atoms with Crippen LogP contribution in [0.2, 0.25) is 0 Å². The maximum Gasteiger partial charge on any atom is 0.242 e. The Morgan fingerprint density at radius 2 is 2.00 bits per heavy atom. The zero-order valence-corrected chi connectivity index (χ0v) is 12.6. The summed E-state index contributed by atoms with van der Waals surface area (Å²) < 4.78 is 26.1. The molecular weight excluding hydrogens is 268 g/mol. The predicted molar refractivity (Wildman–Crippen MR) is 78.8 cm³/mol. The minimum Gasteiger partial charge on any atom is -0.381 e. The van der Waals surface area contributed by atoms with E-state index in [1.54, 1.807) is 30.0 Å². The number of sulfonamides is 1. The van der Waals surface area contributed by atoms with Crippen molar-refractivity contribution in [3.05, 3.63) is 24.3 Å². The molecule has 0 amide bonds. The molecule has 2 N–H and O–H groups in total. The Hall–Kier alpha value is -0.720. The van der Waals surface area contributed by atoms with Crippen LogP contribution in [0.1, 0.15) is 13.3 Å². The van der Waals surface area contributed by atoms with Gasteiger partial charge in [-0.3, -0.25) is 0 Å². The summed E-state index contributed by atoms with van der Waals surface area (Å²) in [6, 6.07) is 7.20. The zero-order valence-electron chi connectivity index (χ0n) is 10.9. The third-order valence-corrected chi connectivity index (χ3v) is 4.72. The molecule has 0 radical (unpaired) electrons. The first kappa shape index (κ1) is 15.3. The van der Waals surface area contributed by atoms with Gasteiger partial charge in [-0.05, 0) is 44.5 Å². The van der Waals surface area contributed by atoms with Gasteiger partial charge in [0.2, 0.25) is 10.0 Å². The maximum absolute atomic E-state index is 11.9. The van der Waals surface area contributed by atoms with Crippen LogP contribution >= 0.6 is 11.8 Å². The second-order valence-electron chi connectivity index (χ2n) is 4.03. The molecule has 0 saturated carbocycles. The number of hydrogen-bond acceptors (Lipinski definition) is 4. The van der Waals surface area contributed by atoms with E-state index in [-0.39, 0.29) is 6.04 Å². The molecule has 0 fully saturated rings. The summed E-state index contributed by atoms with van der Waals surface area (Å²) in [6.45, 7) is 2.05. The second kappa shape index (κ2) is 7.01. The molecule has 0 saturated heterocycles. The van der Waals surface area contributed by atoms with Gasteiger partial charge in [-0.2, -0.15) is 11.8 Å². The summed E-state index contributed by atoms with van der Waals surface area (Å²) in [7, 11) is -1.99. The lowest BCUT2D eigenvalue weighted by Gasteiger charge is -2.17. The minimum absolute atomic E-state index is 0.241. The molecule has 0 aliphatic rings. The van der Waals surface area contributed by atoms with Crippen molar-refractivity contribution in [2.75, 3.05) is 24.4 Å². The Morgan fingerprint density at radius 3 is 2.61 bits per heavy atom. The monoisotopic (exact) mass is 288 g/mol. The highest BCUT2D eigenvalue weighted by Gasteiger charge is 2.16. The van der Waals surface area contributed by atoms with Crippen LogP contribution < -0.4 is 10.0 Å². The van der Waals surface area contributed by atoms with Crippen LogP contribution in [-0.2, 0) is 10.0 Å². The van der Waals surface area contributed by atoms with Crippen molar-refractivity contribution < 1.29 is 8.42 Å². The Labute approximate surface area is 114 Å². The number of benzene rings is 1. The van der Waals surface area contributed by atoms with Gasteiger partial charge in [-0.25, -0.2) is 13.1 Å². The SMILES string of the molecule is CNS(=O)(=O)c1ccccc1NC(C)CCSC. The van der Waals surface area contributed by atoms with E-state index in [1.807, 2.05) is 6.07 Å². The van der Waals surface area contributed by atoms with Crippen LogP contribution in [0.3, 0.4) is 0 Å². The van der Waals surface area contributed by atoms with Crippen LogP contribution in [0.4, 0.5) is 5.69 Å². The van der Waals surface area contributed by atoms with E-state index < -0.39 is 10.0 Å². The van der Waals surface area contributed by atoms with Crippen molar-refractivity contribution in [1.82, 2.24) is 4.72 Å². The molecule has 4 nitrogen and oxygen atoms in total. The fourth-order valence-corrected chi connectivity index (χ4v) is 3.05. The first-order chi connectivity index (χ1) is 8.51. The van der Waals surface area contributed by atoms with Crippen molar-refractivity contribution >= 4 is 27.5 Å². The van der Waals surface area contributed by atoms with Gasteiger partial charge in [0.1, 0.15) is 4.90 Å². The van der Waals surface area contributed by atoms with E-state index >= 15 is 0 Å². The number of para-hydroxylation sites is 1. The molecule has 6 heteroatoms. The maximum atomic E-state index is 11.9. The van der Waals surface area contributed by atoms with Gasteiger partial charge in [-0.15, -0.1) is 0 Å². The number of thioether (sulfide) groups is 1. The molecule has 0 aromatic heterocycles. The van der Waals surface area contributed by atoms with Crippen LogP contribution in [0.25, 0.3) is 0 Å². The summed E-state index contributed by atoms with van der Waals surface area (Å²) in [6.07, 6.45) is 3.06. The molecule has 0 aliphatic heterocycles. The van der Waals surface area contributed by atoms with Gasteiger partial charge in [0.15, 0.2) is 0 Å². The van der Waals surface area contributed by atoms with E-state index in [9.17, 15) is 8.42 Å². The van der Waals surface area contributed by atoms with Crippen LogP contribution in [-0.4, -0.2) is 33.5 Å². The van der Waals surface area contributed by atoms with E-state index in [0.717, 1.165) is 12.2 Å². The highest BCUT2D eigenvalue weighted by Crippen LogP contribution is 2.21. The first-order valence-corrected chi connectivity index (χ1v) is 8.67. The third-order valence-electron chi connectivity index (χ3n) is 2.60. The molecule has 1 rings (SSSR count). The Morgan fingerprint density at radius 1 is 1.33 bits per heavy atom. The lowest BCUT2D eigenvalue weighted by Crippen LogP contribution is -2.22. The van der Waals surface area contributed by atoms with Gasteiger partial charge < -0.3 is 5.32 Å². The van der Waals surface area contributed by atoms with Crippen molar-refractivity contribution in [2.24, 2.45) is 0 Å². The molecule has 102 valence electrons. The molecule has 0 spiro atoms. The van der Waals surface area contributed by atoms with Crippen molar-refractivity contribution in [1.29, 1.82) is 0 Å². The molecule has 18 heavy (non-hydrogen) atoms. The van der Waals surface area contributed by atoms with Gasteiger partial charge in [0, 0.05) is 6.04 Å². The molecule has 1 unspecified atom stereocenters. The zero-order chi connectivity index (χ0) is 13.6. The molecule has 0 bridgehead atoms. The van der Waals surface area contributed by atoms with Crippen LogP contribution in [0.5, 0.6) is 0 Å². The topological polar surface area (TPSA) is 58.2 Å². The first-order valence-electron chi connectivity index (χ1n) is 5.79. The lowest BCUT2D eigenvalue weighted by atomic mass is 10.2. The van der Waals surface area contributed by atoms with E-state index in [2.05, 4.69) is 23.2 Å². The molecule has 1 atom stereocenters. The fraction of sp³-hybridized carbons (Fsp3) is 0.500. The smallest absolute Gasteiger partial charge is 0.242 e. The number of nitrogens with one attached hydrogen (secondary N) is 2. The summed E-state index contributed by atoms with van der Waals surface area (Å²) in [5.74, 6) is 1.05. The standard InChI is InChI=1S/C12H20N2O2S2/c1-10(8-9-17-3)14-11-6-4-5-7-12(11)18(15,16)13-2/h4-7,10,13-14H,8-9H2,1-3H3. The van der Waals surface area contributed by atoms with E-state index in [1.165, 1.54) is 7.05 Å². The molecule has 1 aromatic carbocycles. The van der Waals surface area contributed by atoms with Crippen LogP contribution in [0, 0.1) is 0 Å². The molecule has 1 aromatic rings. The highest BCUT2D eigenvalue weighted by molar-refractivity contribution is 7.98. The van der Waals surface area contributed by atoms with Crippen molar-refractivity contribution in [3.8, 4) is 0 Å². The number of rotatable bonds is 7. The average molecular weight is 288 g/mol. The van der Waals surface area contributed by atoms with Gasteiger partial charge in [0.25, 0.3) is 0 Å². The minimum atomic E-state index is -3.41. The summed E-state index contributed by atoms with van der Waals surface area (Å²) in [4.78, 5) is 0.295. The van der Waals surface area contributed by atoms with E-state index in [4.69, 9.17) is 0 Å². The molecular formula is C12H20N2O2S2. The van der Waals surface area contributed by atoms with Crippen molar-refractivity contribution in [3.63, 3.8) is 0 Å². The second-order valence-corrected chi connectivity index (χ2v) is 6.87. The Bertz CT molecular complexity index is 475.